The monoisotopic (exact) mass is 333 g/mol. The summed E-state index contributed by atoms with van der Waals surface area (Å²) in [7, 11) is -2.49. The predicted octanol–water partition coefficient (Wildman–Crippen LogP) is 0.947. The molecule has 3 rings (SSSR count). The van der Waals surface area contributed by atoms with Gasteiger partial charge in [-0.1, -0.05) is 18.0 Å². The largest absolute Gasteiger partial charge is 0.480 e. The van der Waals surface area contributed by atoms with E-state index in [2.05, 4.69) is 5.10 Å². The second kappa shape index (κ2) is 4.96. The molecule has 1 aromatic rings. The maximum atomic E-state index is 12.8. The third-order valence-corrected chi connectivity index (χ3v) is 6.85. The van der Waals surface area contributed by atoms with Crippen molar-refractivity contribution in [1.29, 1.82) is 0 Å². The average Bonchev–Trinajstić information content (AvgIpc) is 3.02. The Balaban J connectivity index is 2.05. The molecule has 1 aliphatic carbocycles. The highest BCUT2D eigenvalue weighted by Gasteiger charge is 2.53. The number of carbonyl (C=O) groups is 1. The lowest BCUT2D eigenvalue weighted by Gasteiger charge is -2.23. The van der Waals surface area contributed by atoms with Crippen molar-refractivity contribution in [3.05, 3.63) is 11.2 Å². The van der Waals surface area contributed by atoms with Crippen LogP contribution in [0.15, 0.2) is 11.2 Å². The van der Waals surface area contributed by atoms with Crippen LogP contribution in [0, 0.1) is 11.8 Å². The Morgan fingerprint density at radius 1 is 1.48 bits per heavy atom. The van der Waals surface area contributed by atoms with Crippen molar-refractivity contribution in [2.75, 3.05) is 6.54 Å². The zero-order valence-corrected chi connectivity index (χ0v) is 13.0. The van der Waals surface area contributed by atoms with E-state index in [-0.39, 0.29) is 28.4 Å². The van der Waals surface area contributed by atoms with Crippen LogP contribution >= 0.6 is 11.6 Å². The molecule has 3 atom stereocenters. The van der Waals surface area contributed by atoms with Gasteiger partial charge in [0.15, 0.2) is 5.03 Å². The zero-order chi connectivity index (χ0) is 15.4. The number of carboxylic acid groups (broad SMARTS) is 1. The van der Waals surface area contributed by atoms with E-state index >= 15 is 0 Å². The molecule has 1 saturated heterocycles. The van der Waals surface area contributed by atoms with E-state index in [1.807, 2.05) is 0 Å². The van der Waals surface area contributed by atoms with Gasteiger partial charge in [0.05, 0.1) is 11.2 Å². The molecule has 1 N–H and O–H groups in total. The number of halogens is 1. The highest BCUT2D eigenvalue weighted by atomic mass is 35.5. The molecule has 1 saturated carbocycles. The molecular formula is C12H16ClN3O4S. The molecule has 0 spiro atoms. The Morgan fingerprint density at radius 3 is 2.76 bits per heavy atom. The quantitative estimate of drug-likeness (QED) is 0.889. The molecule has 0 aromatic carbocycles. The number of hydrogen-bond acceptors (Lipinski definition) is 4. The number of aliphatic carboxylic acids is 1. The minimum absolute atomic E-state index is 0.0127. The summed E-state index contributed by atoms with van der Waals surface area (Å²) in [5, 5.41) is 13.2. The Labute approximate surface area is 127 Å². The van der Waals surface area contributed by atoms with Gasteiger partial charge in [0.2, 0.25) is 0 Å². The second-order valence-corrected chi connectivity index (χ2v) is 7.85. The topological polar surface area (TPSA) is 92.5 Å². The SMILES string of the molecule is Cn1ncc(Cl)c1S(=O)(=O)N1CC2CCCC2C1C(=O)O. The van der Waals surface area contributed by atoms with Crippen LogP contribution in [-0.4, -0.2) is 46.2 Å². The first kappa shape index (κ1) is 14.8. The number of sulfonamides is 1. The van der Waals surface area contributed by atoms with Gasteiger partial charge in [0, 0.05) is 13.6 Å². The summed E-state index contributed by atoms with van der Waals surface area (Å²) in [4.78, 5) is 11.6. The van der Waals surface area contributed by atoms with Gasteiger partial charge in [0.1, 0.15) is 6.04 Å². The molecule has 1 aromatic heterocycles. The van der Waals surface area contributed by atoms with Crippen LogP contribution in [0.25, 0.3) is 0 Å². The number of aryl methyl sites for hydroxylation is 1. The van der Waals surface area contributed by atoms with Crippen molar-refractivity contribution in [1.82, 2.24) is 14.1 Å². The third-order valence-electron chi connectivity index (χ3n) is 4.50. The fourth-order valence-electron chi connectivity index (χ4n) is 3.62. The van der Waals surface area contributed by atoms with Crippen molar-refractivity contribution in [2.45, 2.75) is 30.3 Å². The number of nitrogens with zero attached hydrogens (tertiary/aromatic N) is 3. The van der Waals surface area contributed by atoms with E-state index in [4.69, 9.17) is 11.6 Å². The third kappa shape index (κ3) is 2.16. The van der Waals surface area contributed by atoms with E-state index < -0.39 is 22.0 Å². The minimum atomic E-state index is -3.97. The van der Waals surface area contributed by atoms with Crippen molar-refractivity contribution in [3.8, 4) is 0 Å². The lowest BCUT2D eigenvalue weighted by Crippen LogP contribution is -2.43. The van der Waals surface area contributed by atoms with Crippen LogP contribution in [0.1, 0.15) is 19.3 Å². The summed E-state index contributed by atoms with van der Waals surface area (Å²) in [6, 6.07) is -1.01. The van der Waals surface area contributed by atoms with Crippen molar-refractivity contribution in [3.63, 3.8) is 0 Å². The van der Waals surface area contributed by atoms with E-state index in [1.54, 1.807) is 0 Å². The van der Waals surface area contributed by atoms with Crippen LogP contribution in [0.4, 0.5) is 0 Å². The first-order valence-corrected chi connectivity index (χ1v) is 8.58. The van der Waals surface area contributed by atoms with Gasteiger partial charge in [-0.25, -0.2) is 8.42 Å². The molecule has 21 heavy (non-hydrogen) atoms. The molecular weight excluding hydrogens is 318 g/mol. The highest BCUT2D eigenvalue weighted by Crippen LogP contribution is 2.44. The molecule has 3 unspecified atom stereocenters. The van der Waals surface area contributed by atoms with Gasteiger partial charge in [-0.15, -0.1) is 0 Å². The van der Waals surface area contributed by atoms with E-state index in [9.17, 15) is 18.3 Å². The summed E-state index contributed by atoms with van der Waals surface area (Å²) >= 11 is 5.92. The predicted molar refractivity (Wildman–Crippen MR) is 74.4 cm³/mol. The first-order valence-electron chi connectivity index (χ1n) is 6.76. The Kier molecular flexibility index (Phi) is 3.50. The number of rotatable bonds is 3. The second-order valence-electron chi connectivity index (χ2n) is 5.63. The van der Waals surface area contributed by atoms with Crippen molar-refractivity contribution in [2.24, 2.45) is 18.9 Å². The average molecular weight is 334 g/mol. The fourth-order valence-corrected chi connectivity index (χ4v) is 5.91. The van der Waals surface area contributed by atoms with Gasteiger partial charge < -0.3 is 5.11 Å². The van der Waals surface area contributed by atoms with E-state index in [0.29, 0.717) is 0 Å². The summed E-state index contributed by atoms with van der Waals surface area (Å²) in [5.41, 5.74) is 0. The molecule has 0 amide bonds. The van der Waals surface area contributed by atoms with Crippen molar-refractivity contribution < 1.29 is 18.3 Å². The Morgan fingerprint density at radius 2 is 2.19 bits per heavy atom. The van der Waals surface area contributed by atoms with Crippen LogP contribution in [0.2, 0.25) is 5.02 Å². The maximum absolute atomic E-state index is 12.8. The molecule has 7 nitrogen and oxygen atoms in total. The number of fused-ring (bicyclic) bond motifs is 1. The Hall–Kier alpha value is -1.12. The summed E-state index contributed by atoms with van der Waals surface area (Å²) < 4.78 is 27.9. The first-order chi connectivity index (χ1) is 9.84. The van der Waals surface area contributed by atoms with E-state index in [1.165, 1.54) is 17.9 Å². The van der Waals surface area contributed by atoms with E-state index in [0.717, 1.165) is 23.6 Å². The van der Waals surface area contributed by atoms with Gasteiger partial charge in [-0.2, -0.15) is 9.40 Å². The minimum Gasteiger partial charge on any atom is -0.480 e. The molecule has 9 heteroatoms. The van der Waals surface area contributed by atoms with Crippen molar-refractivity contribution >= 4 is 27.6 Å². The fraction of sp³-hybridized carbons (Fsp3) is 0.667. The molecule has 1 aliphatic heterocycles. The molecule has 2 fully saturated rings. The van der Waals surface area contributed by atoms with Gasteiger partial charge in [-0.3, -0.25) is 9.48 Å². The number of aromatic nitrogens is 2. The highest BCUT2D eigenvalue weighted by molar-refractivity contribution is 7.89. The number of hydrogen-bond donors (Lipinski definition) is 1. The lowest BCUT2D eigenvalue weighted by molar-refractivity contribution is -0.142. The summed E-state index contributed by atoms with van der Waals surface area (Å²) in [6.45, 7) is 0.242. The lowest BCUT2D eigenvalue weighted by atomic mass is 9.94. The smallest absolute Gasteiger partial charge is 0.322 e. The molecule has 2 heterocycles. The van der Waals surface area contributed by atoms with Gasteiger partial charge in [0.25, 0.3) is 10.0 Å². The standard InChI is InChI=1S/C12H16ClN3O4S/c1-15-11(9(13)5-14-15)21(19,20)16-6-7-3-2-4-8(7)10(16)12(17)18/h5,7-8,10H,2-4,6H2,1H3,(H,17,18). The van der Waals surface area contributed by atoms with Crippen LogP contribution in [-0.2, 0) is 21.9 Å². The van der Waals surface area contributed by atoms with Crippen LogP contribution in [0.5, 0.6) is 0 Å². The van der Waals surface area contributed by atoms with Crippen LogP contribution in [0.3, 0.4) is 0 Å². The molecule has 0 bridgehead atoms. The summed E-state index contributed by atoms with van der Waals surface area (Å²) in [6.07, 6.45) is 3.84. The number of carboxylic acids is 1. The molecule has 2 aliphatic rings. The van der Waals surface area contributed by atoms with Gasteiger partial charge >= 0.3 is 5.97 Å². The maximum Gasteiger partial charge on any atom is 0.322 e. The zero-order valence-electron chi connectivity index (χ0n) is 11.4. The normalized spacial score (nSPS) is 29.7. The molecule has 116 valence electrons. The summed E-state index contributed by atoms with van der Waals surface area (Å²) in [5.74, 6) is -1.08. The Bertz CT molecular complexity index is 667. The van der Waals surface area contributed by atoms with Gasteiger partial charge in [-0.05, 0) is 24.7 Å². The van der Waals surface area contributed by atoms with Crippen LogP contribution < -0.4 is 0 Å². The molecule has 0 radical (unpaired) electrons.